The van der Waals surface area contributed by atoms with Crippen LogP contribution in [0.1, 0.15) is 52.0 Å². The standard InChI is InChI=1S/C24H26F3N3O4S/c1-14(24(25,26)27)29-35(32,33)18-9-10-19(28-13-18)21-12-17-8-7-16(15-5-6-15)11-20(17)30(21)22(31)34-23(2,3)4/h7-15,29H,5-6H2,1-4H3/t14-/m0/s1. The Morgan fingerprint density at radius 1 is 1.14 bits per heavy atom. The number of benzene rings is 1. The van der Waals surface area contributed by atoms with Crippen molar-refractivity contribution in [3.05, 3.63) is 48.2 Å². The number of ether oxygens (including phenoxy) is 1. The van der Waals surface area contributed by atoms with Gasteiger partial charge in [0.1, 0.15) is 16.5 Å². The lowest BCUT2D eigenvalue weighted by atomic mass is 10.1. The number of sulfonamides is 1. The lowest BCUT2D eigenvalue weighted by Crippen LogP contribution is -2.42. The van der Waals surface area contributed by atoms with Crippen molar-refractivity contribution in [1.29, 1.82) is 0 Å². The molecule has 0 unspecified atom stereocenters. The molecule has 1 atom stereocenters. The van der Waals surface area contributed by atoms with Gasteiger partial charge in [-0.15, -0.1) is 0 Å². The molecule has 0 radical (unpaired) electrons. The number of nitrogens with one attached hydrogen (secondary N) is 1. The first kappa shape index (κ1) is 25.2. The Balaban J connectivity index is 1.75. The van der Waals surface area contributed by atoms with Crippen LogP contribution in [0.2, 0.25) is 0 Å². The number of carbonyl (C=O) groups excluding carboxylic acids is 1. The second-order valence-corrected chi connectivity index (χ2v) is 11.4. The number of rotatable bonds is 5. The molecule has 11 heteroatoms. The summed E-state index contributed by atoms with van der Waals surface area (Å²) < 4.78 is 71.8. The minimum atomic E-state index is -4.73. The van der Waals surface area contributed by atoms with Crippen LogP contribution in [0.5, 0.6) is 0 Å². The van der Waals surface area contributed by atoms with E-state index in [0.717, 1.165) is 36.1 Å². The summed E-state index contributed by atoms with van der Waals surface area (Å²) in [6.07, 6.45) is -2.20. The first-order chi connectivity index (χ1) is 16.2. The molecule has 7 nitrogen and oxygen atoms in total. The molecular weight excluding hydrogens is 483 g/mol. The van der Waals surface area contributed by atoms with Crippen LogP contribution < -0.4 is 4.72 Å². The molecule has 2 heterocycles. The molecule has 4 rings (SSSR count). The van der Waals surface area contributed by atoms with E-state index in [0.29, 0.717) is 24.1 Å². The molecule has 35 heavy (non-hydrogen) atoms. The lowest BCUT2D eigenvalue weighted by molar-refractivity contribution is -0.147. The maximum absolute atomic E-state index is 13.2. The van der Waals surface area contributed by atoms with Crippen molar-refractivity contribution in [3.8, 4) is 11.4 Å². The van der Waals surface area contributed by atoms with E-state index in [1.165, 1.54) is 10.6 Å². The summed E-state index contributed by atoms with van der Waals surface area (Å²) in [6, 6.07) is 7.86. The number of fused-ring (bicyclic) bond motifs is 1. The smallest absolute Gasteiger partial charge is 0.419 e. The summed E-state index contributed by atoms with van der Waals surface area (Å²) in [5.41, 5.74) is 1.64. The van der Waals surface area contributed by atoms with Crippen molar-refractivity contribution >= 4 is 27.0 Å². The van der Waals surface area contributed by atoms with Gasteiger partial charge in [-0.25, -0.2) is 17.8 Å². The summed E-state index contributed by atoms with van der Waals surface area (Å²) >= 11 is 0. The molecule has 2 aromatic heterocycles. The normalized spacial score (nSPS) is 15.9. The molecule has 0 amide bonds. The van der Waals surface area contributed by atoms with E-state index >= 15 is 0 Å². The molecule has 1 fully saturated rings. The minimum Gasteiger partial charge on any atom is -0.443 e. The number of alkyl halides is 3. The largest absolute Gasteiger partial charge is 0.443 e. The first-order valence-electron chi connectivity index (χ1n) is 11.1. The Morgan fingerprint density at radius 2 is 1.83 bits per heavy atom. The number of carbonyl (C=O) groups is 1. The number of pyridine rings is 1. The fourth-order valence-electron chi connectivity index (χ4n) is 3.64. The summed E-state index contributed by atoms with van der Waals surface area (Å²) in [7, 11) is -4.46. The van der Waals surface area contributed by atoms with Gasteiger partial charge in [0.2, 0.25) is 10.0 Å². The van der Waals surface area contributed by atoms with Gasteiger partial charge in [0, 0.05) is 11.6 Å². The molecule has 1 saturated carbocycles. The van der Waals surface area contributed by atoms with E-state index in [4.69, 9.17) is 4.74 Å². The van der Waals surface area contributed by atoms with Crippen molar-refractivity contribution < 1.29 is 31.1 Å². The van der Waals surface area contributed by atoms with Gasteiger partial charge in [-0.3, -0.25) is 4.98 Å². The summed E-state index contributed by atoms with van der Waals surface area (Å²) in [4.78, 5) is 16.9. The van der Waals surface area contributed by atoms with Crippen LogP contribution in [-0.2, 0) is 14.8 Å². The highest BCUT2D eigenvalue weighted by Crippen LogP contribution is 2.41. The molecule has 0 saturated heterocycles. The van der Waals surface area contributed by atoms with Gasteiger partial charge >= 0.3 is 12.3 Å². The highest BCUT2D eigenvalue weighted by Gasteiger charge is 2.39. The first-order valence-corrected chi connectivity index (χ1v) is 12.6. The van der Waals surface area contributed by atoms with Crippen LogP contribution in [0.25, 0.3) is 22.3 Å². The van der Waals surface area contributed by atoms with Crippen LogP contribution in [0, 0.1) is 0 Å². The number of hydrogen-bond donors (Lipinski definition) is 1. The van der Waals surface area contributed by atoms with Gasteiger partial charge < -0.3 is 4.74 Å². The van der Waals surface area contributed by atoms with E-state index in [-0.39, 0.29) is 5.69 Å². The van der Waals surface area contributed by atoms with Crippen molar-refractivity contribution in [3.63, 3.8) is 0 Å². The summed E-state index contributed by atoms with van der Waals surface area (Å²) in [5, 5.41) is 0.773. The Bertz CT molecular complexity index is 1370. The molecule has 0 bridgehead atoms. The van der Waals surface area contributed by atoms with Gasteiger partial charge in [-0.05, 0) is 76.3 Å². The van der Waals surface area contributed by atoms with E-state index in [1.54, 1.807) is 31.6 Å². The molecular formula is C24H26F3N3O4S. The molecule has 1 N–H and O–H groups in total. The monoisotopic (exact) mass is 509 g/mol. The summed E-state index contributed by atoms with van der Waals surface area (Å²) in [6.45, 7) is 5.96. The van der Waals surface area contributed by atoms with Crippen LogP contribution in [0.4, 0.5) is 18.0 Å². The molecule has 3 aromatic rings. The Hall–Kier alpha value is -2.92. The Morgan fingerprint density at radius 3 is 2.37 bits per heavy atom. The van der Waals surface area contributed by atoms with Crippen LogP contribution >= 0.6 is 0 Å². The number of aromatic nitrogens is 2. The predicted octanol–water partition coefficient (Wildman–Crippen LogP) is 5.59. The SMILES string of the molecule is C[C@H](NS(=O)(=O)c1ccc(-c2cc3ccc(C4CC4)cc3n2C(=O)OC(C)(C)C)nc1)C(F)(F)F. The number of nitrogens with zero attached hydrogens (tertiary/aromatic N) is 2. The third kappa shape index (κ3) is 5.51. The molecule has 1 aliphatic rings. The average molecular weight is 510 g/mol. The predicted molar refractivity (Wildman–Crippen MR) is 125 cm³/mol. The van der Waals surface area contributed by atoms with Crippen LogP contribution in [-0.4, -0.2) is 41.9 Å². The van der Waals surface area contributed by atoms with E-state index in [2.05, 4.69) is 4.98 Å². The molecule has 0 aliphatic heterocycles. The molecule has 0 spiro atoms. The molecule has 1 aliphatic carbocycles. The van der Waals surface area contributed by atoms with E-state index < -0.39 is 38.8 Å². The zero-order chi connectivity index (χ0) is 25.8. The van der Waals surface area contributed by atoms with Gasteiger partial charge in [0.05, 0.1) is 16.9 Å². The second-order valence-electron chi connectivity index (χ2n) is 9.70. The van der Waals surface area contributed by atoms with Crippen LogP contribution in [0.15, 0.2) is 47.5 Å². The highest BCUT2D eigenvalue weighted by molar-refractivity contribution is 7.89. The van der Waals surface area contributed by atoms with Gasteiger partial charge in [-0.2, -0.15) is 17.9 Å². The molecule has 188 valence electrons. The third-order valence-corrected chi connectivity index (χ3v) is 7.11. The Labute approximate surface area is 201 Å². The van der Waals surface area contributed by atoms with Crippen molar-refractivity contribution in [2.75, 3.05) is 0 Å². The average Bonchev–Trinajstić information content (AvgIpc) is 3.51. The zero-order valence-corrected chi connectivity index (χ0v) is 20.5. The zero-order valence-electron chi connectivity index (χ0n) is 19.7. The third-order valence-electron chi connectivity index (χ3n) is 5.59. The quantitative estimate of drug-likeness (QED) is 0.484. The van der Waals surface area contributed by atoms with Crippen molar-refractivity contribution in [2.24, 2.45) is 0 Å². The lowest BCUT2D eigenvalue weighted by Gasteiger charge is -2.21. The van der Waals surface area contributed by atoms with Crippen molar-refractivity contribution in [1.82, 2.24) is 14.3 Å². The summed E-state index contributed by atoms with van der Waals surface area (Å²) in [5.74, 6) is 0.457. The number of hydrogen-bond acceptors (Lipinski definition) is 5. The Kier molecular flexibility index (Phi) is 6.21. The van der Waals surface area contributed by atoms with Crippen LogP contribution in [0.3, 0.4) is 0 Å². The topological polar surface area (TPSA) is 90.3 Å². The van der Waals surface area contributed by atoms with E-state index in [1.807, 2.05) is 18.2 Å². The van der Waals surface area contributed by atoms with Crippen molar-refractivity contribution in [2.45, 2.75) is 69.2 Å². The fraction of sp³-hybridized carbons (Fsp3) is 0.417. The number of halogens is 3. The minimum absolute atomic E-state index is 0.267. The fourth-order valence-corrected chi connectivity index (χ4v) is 4.81. The van der Waals surface area contributed by atoms with Gasteiger partial charge in [0.25, 0.3) is 0 Å². The van der Waals surface area contributed by atoms with Gasteiger partial charge in [-0.1, -0.05) is 12.1 Å². The maximum Gasteiger partial charge on any atom is 0.419 e. The maximum atomic E-state index is 13.2. The van der Waals surface area contributed by atoms with Gasteiger partial charge in [0.15, 0.2) is 0 Å². The highest BCUT2D eigenvalue weighted by atomic mass is 32.2. The molecule has 1 aromatic carbocycles. The van der Waals surface area contributed by atoms with E-state index in [9.17, 15) is 26.4 Å². The second kappa shape index (κ2) is 8.63.